The molecule has 2 aliphatic carbocycles. The van der Waals surface area contributed by atoms with Crippen molar-refractivity contribution in [2.45, 2.75) is 31.1 Å². The smallest absolute Gasteiger partial charge is 0.127 e. The minimum absolute atomic E-state index is 0.0537. The van der Waals surface area contributed by atoms with Crippen molar-refractivity contribution in [1.82, 2.24) is 0 Å². The Morgan fingerprint density at radius 2 is 1.87 bits per heavy atom. The molecular formula is C13H16FN. The van der Waals surface area contributed by atoms with Crippen molar-refractivity contribution in [2.24, 2.45) is 11.1 Å². The molecule has 2 saturated carbocycles. The van der Waals surface area contributed by atoms with Crippen LogP contribution in [0.2, 0.25) is 0 Å². The fourth-order valence-corrected chi connectivity index (χ4v) is 3.25. The quantitative estimate of drug-likeness (QED) is 0.789. The molecule has 15 heavy (non-hydrogen) atoms. The molecule has 0 saturated heterocycles. The molecule has 1 spiro atoms. The van der Waals surface area contributed by atoms with E-state index in [4.69, 9.17) is 5.73 Å². The highest BCUT2D eigenvalue weighted by atomic mass is 19.1. The molecule has 80 valence electrons. The van der Waals surface area contributed by atoms with Crippen molar-refractivity contribution in [1.29, 1.82) is 0 Å². The molecular weight excluding hydrogens is 189 g/mol. The number of hydrogen-bond donors (Lipinski definition) is 1. The van der Waals surface area contributed by atoms with Crippen LogP contribution in [0.5, 0.6) is 0 Å². The normalized spacial score (nSPS) is 24.9. The summed E-state index contributed by atoms with van der Waals surface area (Å²) in [5.74, 6) is -0.0848. The van der Waals surface area contributed by atoms with Gasteiger partial charge in [0.1, 0.15) is 5.82 Å². The van der Waals surface area contributed by atoms with Crippen molar-refractivity contribution in [3.05, 3.63) is 35.6 Å². The lowest BCUT2D eigenvalue weighted by atomic mass is 9.56. The maximum absolute atomic E-state index is 13.7. The fourth-order valence-electron chi connectivity index (χ4n) is 3.25. The minimum Gasteiger partial charge on any atom is -0.330 e. The van der Waals surface area contributed by atoms with E-state index in [-0.39, 0.29) is 11.2 Å². The second-order valence-corrected chi connectivity index (χ2v) is 5.32. The van der Waals surface area contributed by atoms with Gasteiger partial charge in [0.05, 0.1) is 0 Å². The zero-order valence-electron chi connectivity index (χ0n) is 8.80. The minimum atomic E-state index is -0.0848. The second kappa shape index (κ2) is 2.82. The monoisotopic (exact) mass is 205 g/mol. The first-order valence-electron chi connectivity index (χ1n) is 5.65. The summed E-state index contributed by atoms with van der Waals surface area (Å²) in [6, 6.07) is 7.10. The Kier molecular flexibility index (Phi) is 1.76. The predicted octanol–water partition coefficient (Wildman–Crippen LogP) is 2.60. The van der Waals surface area contributed by atoms with Gasteiger partial charge in [0.25, 0.3) is 0 Å². The van der Waals surface area contributed by atoms with E-state index in [0.29, 0.717) is 12.0 Å². The van der Waals surface area contributed by atoms with Crippen LogP contribution in [0.4, 0.5) is 4.39 Å². The second-order valence-electron chi connectivity index (χ2n) is 5.32. The summed E-state index contributed by atoms with van der Waals surface area (Å²) in [4.78, 5) is 0. The Morgan fingerprint density at radius 1 is 1.20 bits per heavy atom. The third kappa shape index (κ3) is 1.24. The average molecular weight is 205 g/mol. The van der Waals surface area contributed by atoms with Crippen LogP contribution >= 0.6 is 0 Å². The van der Waals surface area contributed by atoms with Crippen molar-refractivity contribution in [3.63, 3.8) is 0 Å². The Hall–Kier alpha value is -0.890. The Bertz CT molecular complexity index is 387. The van der Waals surface area contributed by atoms with Crippen molar-refractivity contribution >= 4 is 0 Å². The van der Waals surface area contributed by atoms with Crippen LogP contribution in [0.1, 0.15) is 31.2 Å². The third-order valence-electron chi connectivity index (χ3n) is 4.22. The molecule has 0 bridgehead atoms. The van der Waals surface area contributed by atoms with E-state index in [2.05, 4.69) is 0 Å². The first kappa shape index (κ1) is 9.34. The standard InChI is InChI=1S/C13H16FN/c14-11-4-2-1-3-10(11)13(9-15)7-12(8-13)5-6-12/h1-4H,5-9,15H2. The molecule has 0 heterocycles. The highest BCUT2D eigenvalue weighted by molar-refractivity contribution is 5.34. The van der Waals surface area contributed by atoms with Gasteiger partial charge >= 0.3 is 0 Å². The molecule has 0 atom stereocenters. The van der Waals surface area contributed by atoms with Crippen molar-refractivity contribution in [2.75, 3.05) is 6.54 Å². The zero-order chi connectivity index (χ0) is 10.5. The summed E-state index contributed by atoms with van der Waals surface area (Å²) in [6.45, 7) is 0.579. The molecule has 0 unspecified atom stereocenters. The van der Waals surface area contributed by atoms with E-state index < -0.39 is 0 Å². The van der Waals surface area contributed by atoms with E-state index in [9.17, 15) is 4.39 Å². The summed E-state index contributed by atoms with van der Waals surface area (Å²) < 4.78 is 13.7. The molecule has 2 aliphatic rings. The molecule has 2 heteroatoms. The molecule has 3 rings (SSSR count). The highest BCUT2D eigenvalue weighted by Crippen LogP contribution is 2.68. The number of benzene rings is 1. The van der Waals surface area contributed by atoms with E-state index in [1.165, 1.54) is 12.8 Å². The maximum atomic E-state index is 13.7. The third-order valence-corrected chi connectivity index (χ3v) is 4.22. The molecule has 1 aromatic rings. The Morgan fingerprint density at radius 3 is 2.40 bits per heavy atom. The lowest BCUT2D eigenvalue weighted by Crippen LogP contribution is -2.48. The average Bonchev–Trinajstić information content (AvgIpc) is 2.96. The van der Waals surface area contributed by atoms with E-state index in [1.54, 1.807) is 12.1 Å². The molecule has 0 amide bonds. The van der Waals surface area contributed by atoms with E-state index in [1.807, 2.05) is 12.1 Å². The maximum Gasteiger partial charge on any atom is 0.127 e. The number of hydrogen-bond acceptors (Lipinski definition) is 1. The van der Waals surface area contributed by atoms with Gasteiger partial charge in [-0.25, -0.2) is 4.39 Å². The van der Waals surface area contributed by atoms with Gasteiger partial charge in [0, 0.05) is 12.0 Å². The summed E-state index contributed by atoms with van der Waals surface area (Å²) >= 11 is 0. The highest BCUT2D eigenvalue weighted by Gasteiger charge is 2.61. The van der Waals surface area contributed by atoms with E-state index in [0.717, 1.165) is 18.4 Å². The van der Waals surface area contributed by atoms with Crippen LogP contribution in [0.25, 0.3) is 0 Å². The van der Waals surface area contributed by atoms with Crippen molar-refractivity contribution < 1.29 is 4.39 Å². The van der Waals surface area contributed by atoms with Gasteiger partial charge in [-0.15, -0.1) is 0 Å². The summed E-state index contributed by atoms with van der Waals surface area (Å²) in [5, 5.41) is 0. The van der Waals surface area contributed by atoms with Crippen LogP contribution in [0.3, 0.4) is 0 Å². The molecule has 0 aliphatic heterocycles. The van der Waals surface area contributed by atoms with E-state index >= 15 is 0 Å². The number of nitrogens with two attached hydrogens (primary N) is 1. The molecule has 1 aromatic carbocycles. The summed E-state index contributed by atoms with van der Waals surface area (Å²) in [7, 11) is 0. The number of halogens is 1. The molecule has 2 N–H and O–H groups in total. The van der Waals surface area contributed by atoms with Crippen LogP contribution in [0, 0.1) is 11.2 Å². The van der Waals surface area contributed by atoms with Gasteiger partial charge in [-0.1, -0.05) is 18.2 Å². The van der Waals surface area contributed by atoms with Crippen LogP contribution < -0.4 is 5.73 Å². The van der Waals surface area contributed by atoms with Gasteiger partial charge in [-0.05, 0) is 42.7 Å². The fraction of sp³-hybridized carbons (Fsp3) is 0.538. The zero-order valence-corrected chi connectivity index (χ0v) is 8.80. The molecule has 0 aromatic heterocycles. The van der Waals surface area contributed by atoms with Crippen molar-refractivity contribution in [3.8, 4) is 0 Å². The van der Waals surface area contributed by atoms with Gasteiger partial charge in [-0.2, -0.15) is 0 Å². The summed E-state index contributed by atoms with van der Waals surface area (Å²) in [6.07, 6.45) is 4.83. The lowest BCUT2D eigenvalue weighted by Gasteiger charge is -2.48. The first-order valence-corrected chi connectivity index (χ1v) is 5.65. The number of rotatable bonds is 2. The summed E-state index contributed by atoms with van der Waals surface area (Å²) in [5.41, 5.74) is 7.19. The predicted molar refractivity (Wildman–Crippen MR) is 58.0 cm³/mol. The van der Waals surface area contributed by atoms with Gasteiger partial charge in [-0.3, -0.25) is 0 Å². The van der Waals surface area contributed by atoms with Gasteiger partial charge < -0.3 is 5.73 Å². The molecule has 2 fully saturated rings. The molecule has 1 nitrogen and oxygen atoms in total. The Balaban J connectivity index is 1.94. The van der Waals surface area contributed by atoms with Crippen LogP contribution in [0.15, 0.2) is 24.3 Å². The van der Waals surface area contributed by atoms with Crippen LogP contribution in [-0.4, -0.2) is 6.54 Å². The van der Waals surface area contributed by atoms with Gasteiger partial charge in [0.2, 0.25) is 0 Å². The molecule has 0 radical (unpaired) electrons. The Labute approximate surface area is 89.5 Å². The lowest BCUT2D eigenvalue weighted by molar-refractivity contribution is 0.122. The van der Waals surface area contributed by atoms with Gasteiger partial charge in [0.15, 0.2) is 0 Å². The largest absolute Gasteiger partial charge is 0.330 e. The van der Waals surface area contributed by atoms with Crippen LogP contribution in [-0.2, 0) is 5.41 Å². The SMILES string of the molecule is NCC1(c2ccccc2F)CC2(CC2)C1. The first-order chi connectivity index (χ1) is 7.20. The topological polar surface area (TPSA) is 26.0 Å².